The predicted molar refractivity (Wildman–Crippen MR) is 181 cm³/mol. The molecule has 3 saturated heterocycles. The van der Waals surface area contributed by atoms with E-state index in [4.69, 9.17) is 4.74 Å². The molecule has 1 unspecified atom stereocenters. The molecule has 45 heavy (non-hydrogen) atoms. The number of ether oxygens (including phenoxy) is 1. The zero-order chi connectivity index (χ0) is 31.6. The fourth-order valence-corrected chi connectivity index (χ4v) is 9.34. The van der Waals surface area contributed by atoms with Crippen molar-refractivity contribution in [2.24, 2.45) is 0 Å². The predicted octanol–water partition coefficient (Wildman–Crippen LogP) is 4.27. The molecule has 3 aliphatic rings. The van der Waals surface area contributed by atoms with Crippen molar-refractivity contribution in [1.82, 2.24) is 19.7 Å². The summed E-state index contributed by atoms with van der Waals surface area (Å²) in [6, 6.07) is 13.3. The maximum atomic E-state index is 14.2. The van der Waals surface area contributed by atoms with Gasteiger partial charge in [0.15, 0.2) is 0 Å². The number of pyridine rings is 1. The quantitative estimate of drug-likeness (QED) is 0.336. The molecule has 0 spiro atoms. The normalized spacial score (nSPS) is 20.9. The maximum Gasteiger partial charge on any atom is 0.210 e. The molecule has 1 atom stereocenters. The van der Waals surface area contributed by atoms with Gasteiger partial charge < -0.3 is 19.4 Å². The Balaban J connectivity index is 1.22. The molecule has 0 radical (unpaired) electrons. The Bertz CT molecular complexity index is 1590. The van der Waals surface area contributed by atoms with Gasteiger partial charge in [0, 0.05) is 84.9 Å². The van der Waals surface area contributed by atoms with Crippen molar-refractivity contribution in [3.05, 3.63) is 48.7 Å². The number of sulfone groups is 1. The monoisotopic (exact) mass is 653 g/mol. The molecule has 0 N–H and O–H groups in total. The summed E-state index contributed by atoms with van der Waals surface area (Å²) in [6.45, 7) is 14.3. The van der Waals surface area contributed by atoms with Gasteiger partial charge in [0.2, 0.25) is 9.84 Å². The van der Waals surface area contributed by atoms with Crippen LogP contribution in [0.5, 0.6) is 5.75 Å². The third kappa shape index (κ3) is 6.93. The second-order valence-electron chi connectivity index (χ2n) is 12.5. The van der Waals surface area contributed by atoms with Gasteiger partial charge in [-0.25, -0.2) is 8.42 Å². The van der Waals surface area contributed by atoms with Crippen LogP contribution in [-0.2, 0) is 20.6 Å². The average Bonchev–Trinajstić information content (AvgIpc) is 3.08. The van der Waals surface area contributed by atoms with E-state index in [9.17, 15) is 12.6 Å². The Morgan fingerprint density at radius 3 is 2.07 bits per heavy atom. The molecule has 6 rings (SSSR count). The highest BCUT2D eigenvalue weighted by Gasteiger charge is 2.34. The van der Waals surface area contributed by atoms with Crippen molar-refractivity contribution in [1.29, 1.82) is 0 Å². The largest absolute Gasteiger partial charge is 0.494 e. The van der Waals surface area contributed by atoms with Gasteiger partial charge in [-0.3, -0.25) is 14.1 Å². The zero-order valence-electron chi connectivity index (χ0n) is 26.9. The number of piperazine rings is 1. The highest BCUT2D eigenvalue weighted by molar-refractivity contribution is 7.91. The summed E-state index contributed by atoms with van der Waals surface area (Å²) in [6.07, 6.45) is 7.56. The van der Waals surface area contributed by atoms with E-state index in [0.29, 0.717) is 40.5 Å². The average molecular weight is 654 g/mol. The topological polar surface area (TPSA) is 86.3 Å². The van der Waals surface area contributed by atoms with E-state index >= 15 is 0 Å². The van der Waals surface area contributed by atoms with Gasteiger partial charge >= 0.3 is 0 Å². The molecule has 4 heterocycles. The Morgan fingerprint density at radius 2 is 1.47 bits per heavy atom. The number of anilines is 1. The molecule has 1 aromatic heterocycles. The number of likely N-dealkylation sites (N-methyl/N-ethyl adjacent to an activating group) is 1. The Kier molecular flexibility index (Phi) is 10.1. The van der Waals surface area contributed by atoms with Crippen molar-refractivity contribution < 1.29 is 17.4 Å². The van der Waals surface area contributed by atoms with Crippen molar-refractivity contribution in [3.63, 3.8) is 0 Å². The molecule has 0 saturated carbocycles. The summed E-state index contributed by atoms with van der Waals surface area (Å²) in [5.41, 5.74) is 1.37. The van der Waals surface area contributed by atoms with E-state index in [-0.39, 0.29) is 9.79 Å². The summed E-state index contributed by atoms with van der Waals surface area (Å²) >= 11 is 0. The van der Waals surface area contributed by atoms with Crippen LogP contribution in [0.4, 0.5) is 5.69 Å². The van der Waals surface area contributed by atoms with Crippen molar-refractivity contribution in [2.45, 2.75) is 66.3 Å². The summed E-state index contributed by atoms with van der Waals surface area (Å²) < 4.78 is 46.3. The first kappa shape index (κ1) is 32.4. The summed E-state index contributed by atoms with van der Waals surface area (Å²) in [5.74, 6) is 0.633. The highest BCUT2D eigenvalue weighted by Crippen LogP contribution is 2.39. The number of hydrogen-bond acceptors (Lipinski definition) is 9. The third-order valence-corrected chi connectivity index (χ3v) is 12.7. The minimum Gasteiger partial charge on any atom is -0.494 e. The lowest BCUT2D eigenvalue weighted by Gasteiger charge is -2.46. The molecule has 9 nitrogen and oxygen atoms in total. The number of aromatic nitrogens is 1. The Morgan fingerprint density at radius 1 is 0.844 bits per heavy atom. The van der Waals surface area contributed by atoms with Gasteiger partial charge in [-0.15, -0.1) is 0 Å². The van der Waals surface area contributed by atoms with E-state index in [2.05, 4.69) is 31.5 Å². The minimum absolute atomic E-state index is 0.195. The SMILES string of the molecule is CCOc1ccc(S(=O)(=O)c2cnc3ccc(S(C)=O)cc3c2N2CCC(N3CCC(N4CCN(CC)CC4)CC3)CC2)cc1. The highest BCUT2D eigenvalue weighted by atomic mass is 32.2. The molecule has 3 fully saturated rings. The van der Waals surface area contributed by atoms with Crippen molar-refractivity contribution >= 4 is 37.2 Å². The van der Waals surface area contributed by atoms with Crippen LogP contribution in [0.25, 0.3) is 10.9 Å². The first-order valence-electron chi connectivity index (χ1n) is 16.5. The standard InChI is InChI=1S/C34H47N5O4S2/c1-4-36-20-22-38(23-21-36)27-12-16-37(17-13-27)26-14-18-39(19-15-26)34-31-24-29(44(3)40)8-11-32(31)35-25-33(34)45(41,42)30-9-6-28(7-10-30)43-5-2/h6-11,24-27H,4-5,12-23H2,1-3H3. The van der Waals surface area contributed by atoms with Crippen LogP contribution in [0.15, 0.2) is 63.3 Å². The van der Waals surface area contributed by atoms with E-state index < -0.39 is 20.6 Å². The maximum absolute atomic E-state index is 14.2. The van der Waals surface area contributed by atoms with Gasteiger partial charge in [-0.1, -0.05) is 6.92 Å². The second kappa shape index (κ2) is 14.0. The lowest BCUT2D eigenvalue weighted by atomic mass is 9.96. The van der Waals surface area contributed by atoms with Gasteiger partial charge in [-0.05, 0) is 94.7 Å². The van der Waals surface area contributed by atoms with E-state index in [1.165, 1.54) is 45.2 Å². The van der Waals surface area contributed by atoms with E-state index in [1.54, 1.807) is 30.5 Å². The fraction of sp³-hybridized carbons (Fsp3) is 0.559. The first-order valence-corrected chi connectivity index (χ1v) is 19.5. The molecule has 244 valence electrons. The van der Waals surface area contributed by atoms with Crippen molar-refractivity contribution in [3.8, 4) is 5.75 Å². The number of piperidine rings is 2. The Labute approximate surface area is 270 Å². The molecule has 0 amide bonds. The number of benzene rings is 2. The van der Waals surface area contributed by atoms with Crippen LogP contribution in [0.2, 0.25) is 0 Å². The van der Waals surface area contributed by atoms with Gasteiger partial charge in [0.1, 0.15) is 10.6 Å². The molecular weight excluding hydrogens is 607 g/mol. The van der Waals surface area contributed by atoms with E-state index in [0.717, 1.165) is 51.0 Å². The molecular formula is C34H47N5O4S2. The number of hydrogen-bond donors (Lipinski definition) is 0. The molecule has 0 aliphatic carbocycles. The lowest BCUT2D eigenvalue weighted by molar-refractivity contribution is 0.0449. The number of fused-ring (bicyclic) bond motifs is 1. The van der Waals surface area contributed by atoms with Gasteiger partial charge in [0.25, 0.3) is 0 Å². The van der Waals surface area contributed by atoms with Crippen LogP contribution >= 0.6 is 0 Å². The summed E-state index contributed by atoms with van der Waals surface area (Å²) in [4.78, 5) is 15.8. The summed E-state index contributed by atoms with van der Waals surface area (Å²) in [7, 11) is -5.09. The lowest BCUT2D eigenvalue weighted by Crippen LogP contribution is -2.55. The molecule has 0 bridgehead atoms. The zero-order valence-corrected chi connectivity index (χ0v) is 28.5. The Hall–Kier alpha value is -2.57. The molecule has 3 aromatic rings. The first-order chi connectivity index (χ1) is 21.8. The number of rotatable bonds is 9. The van der Waals surface area contributed by atoms with Gasteiger partial charge in [-0.2, -0.15) is 0 Å². The molecule has 11 heteroatoms. The summed E-state index contributed by atoms with van der Waals surface area (Å²) in [5, 5.41) is 0.733. The second-order valence-corrected chi connectivity index (χ2v) is 15.8. The smallest absolute Gasteiger partial charge is 0.210 e. The molecule has 2 aromatic carbocycles. The van der Waals surface area contributed by atoms with E-state index in [1.807, 2.05) is 25.1 Å². The molecule has 3 aliphatic heterocycles. The number of nitrogens with zero attached hydrogens (tertiary/aromatic N) is 5. The van der Waals surface area contributed by atoms with Crippen LogP contribution in [0.1, 0.15) is 39.5 Å². The van der Waals surface area contributed by atoms with Crippen LogP contribution in [0, 0.1) is 0 Å². The van der Waals surface area contributed by atoms with Crippen molar-refractivity contribution in [2.75, 3.05) is 76.7 Å². The third-order valence-electron chi connectivity index (χ3n) is 10.0. The van der Waals surface area contributed by atoms with Crippen LogP contribution in [0.3, 0.4) is 0 Å². The fourth-order valence-electron chi connectivity index (χ4n) is 7.37. The number of likely N-dealkylation sites (tertiary alicyclic amines) is 1. The van der Waals surface area contributed by atoms with Gasteiger partial charge in [0.05, 0.1) is 22.7 Å². The van der Waals surface area contributed by atoms with Crippen LogP contribution in [-0.4, -0.2) is 116 Å². The minimum atomic E-state index is -3.89. The van der Waals surface area contributed by atoms with Crippen LogP contribution < -0.4 is 9.64 Å².